The van der Waals surface area contributed by atoms with Crippen molar-refractivity contribution in [3.63, 3.8) is 0 Å². The van der Waals surface area contributed by atoms with E-state index in [1.165, 1.54) is 11.8 Å². The second-order valence-electron chi connectivity index (χ2n) is 9.80. The molecule has 0 amide bonds. The van der Waals surface area contributed by atoms with Crippen molar-refractivity contribution in [1.82, 2.24) is 15.1 Å². The fourth-order valence-electron chi connectivity index (χ4n) is 4.72. The largest absolute Gasteiger partial charge is 0.487 e. The van der Waals surface area contributed by atoms with Crippen LogP contribution in [0.25, 0.3) is 11.3 Å². The number of pyridine rings is 1. The summed E-state index contributed by atoms with van der Waals surface area (Å²) in [5.41, 5.74) is 3.57. The molecule has 2 aliphatic heterocycles. The number of hydrogen-bond donors (Lipinski definition) is 0. The predicted octanol–water partition coefficient (Wildman–Crippen LogP) is 4.16. The van der Waals surface area contributed by atoms with E-state index in [4.69, 9.17) is 9.26 Å². The van der Waals surface area contributed by atoms with Crippen LogP contribution in [-0.4, -0.2) is 48.5 Å². The maximum Gasteiger partial charge on any atom is 0.266 e. The van der Waals surface area contributed by atoms with Crippen LogP contribution < -0.4 is 9.64 Å². The Morgan fingerprint density at radius 3 is 2.56 bits per heavy atom. The second kappa shape index (κ2) is 8.69. The Morgan fingerprint density at radius 1 is 1.12 bits per heavy atom. The Kier molecular flexibility index (Phi) is 5.83. The molecule has 0 N–H and O–H groups in total. The van der Waals surface area contributed by atoms with Crippen LogP contribution in [0.1, 0.15) is 56.0 Å². The molecule has 34 heavy (non-hydrogen) atoms. The highest BCUT2D eigenvalue weighted by Gasteiger charge is 2.40. The van der Waals surface area contributed by atoms with Crippen molar-refractivity contribution >= 4 is 15.8 Å². The maximum atomic E-state index is 11.5. The van der Waals surface area contributed by atoms with Gasteiger partial charge in [0.25, 0.3) is 5.95 Å². The summed E-state index contributed by atoms with van der Waals surface area (Å²) in [5.74, 6) is 2.52. The molecule has 0 unspecified atom stereocenters. The predicted molar refractivity (Wildman–Crippen MR) is 130 cm³/mol. The molecule has 1 aromatic carbocycles. The highest BCUT2D eigenvalue weighted by Crippen LogP contribution is 2.41. The van der Waals surface area contributed by atoms with Crippen molar-refractivity contribution in [2.45, 2.75) is 56.8 Å². The summed E-state index contributed by atoms with van der Waals surface area (Å²) in [4.78, 5) is 11.2. The highest BCUT2D eigenvalue weighted by molar-refractivity contribution is 7.89. The summed E-state index contributed by atoms with van der Waals surface area (Å²) in [6.07, 6.45) is 6.64. The Labute approximate surface area is 200 Å². The van der Waals surface area contributed by atoms with E-state index in [1.54, 1.807) is 6.20 Å². The SMILES string of the molecule is CC(C)c1nc(N2CCC3(CCc4cc(-c5ccc(CS(C)(=O)=O)cn5)ccc4O3)CC2)no1. The number of ether oxygens (including phenoxy) is 1. The van der Waals surface area contributed by atoms with Crippen LogP contribution in [-0.2, 0) is 22.0 Å². The van der Waals surface area contributed by atoms with Crippen molar-refractivity contribution in [2.75, 3.05) is 24.2 Å². The first-order valence-corrected chi connectivity index (χ1v) is 13.8. The first-order valence-electron chi connectivity index (χ1n) is 11.7. The number of aryl methyl sites for hydroxylation is 1. The second-order valence-corrected chi connectivity index (χ2v) is 11.9. The maximum absolute atomic E-state index is 11.5. The summed E-state index contributed by atoms with van der Waals surface area (Å²) in [5, 5.41) is 4.16. The van der Waals surface area contributed by atoms with Gasteiger partial charge in [-0.25, -0.2) is 8.42 Å². The van der Waals surface area contributed by atoms with Crippen LogP contribution in [0.2, 0.25) is 0 Å². The van der Waals surface area contributed by atoms with Gasteiger partial charge in [-0.2, -0.15) is 4.98 Å². The fourth-order valence-corrected chi connectivity index (χ4v) is 5.50. The lowest BCUT2D eigenvalue weighted by atomic mass is 9.83. The van der Waals surface area contributed by atoms with Crippen molar-refractivity contribution in [2.24, 2.45) is 0 Å². The van der Waals surface area contributed by atoms with Crippen molar-refractivity contribution in [3.05, 3.63) is 53.5 Å². The summed E-state index contributed by atoms with van der Waals surface area (Å²) < 4.78 is 35.0. The minimum atomic E-state index is -3.07. The smallest absolute Gasteiger partial charge is 0.266 e. The molecular formula is C25H30N4O4S. The molecule has 2 aliphatic rings. The standard InChI is InChI=1S/C25H30N4O4S/c1-17(2)23-27-24(28-33-23)29-12-10-25(11-13-29)9-8-20-14-19(5-7-22(20)32-25)21-6-4-18(15-26-21)16-34(3,30)31/h4-7,14-15,17H,8-13,16H2,1-3H3. The third-order valence-corrected chi connectivity index (χ3v) is 7.53. The summed E-state index contributed by atoms with van der Waals surface area (Å²) in [7, 11) is -3.07. The van der Waals surface area contributed by atoms with Crippen LogP contribution in [0.15, 0.2) is 41.1 Å². The van der Waals surface area contributed by atoms with Crippen LogP contribution in [0.4, 0.5) is 5.95 Å². The molecule has 0 bridgehead atoms. The molecule has 0 aliphatic carbocycles. The lowest BCUT2D eigenvalue weighted by Gasteiger charge is -2.44. The van der Waals surface area contributed by atoms with Gasteiger partial charge in [-0.3, -0.25) is 4.98 Å². The van der Waals surface area contributed by atoms with Crippen LogP contribution in [0, 0.1) is 0 Å². The van der Waals surface area contributed by atoms with E-state index in [1.807, 2.05) is 38.1 Å². The molecule has 0 atom stereocenters. The molecule has 2 aromatic heterocycles. The minimum absolute atomic E-state index is 0.00340. The molecule has 180 valence electrons. The Morgan fingerprint density at radius 2 is 1.91 bits per heavy atom. The van der Waals surface area contributed by atoms with Gasteiger partial charge < -0.3 is 14.2 Å². The van der Waals surface area contributed by atoms with Crippen LogP contribution in [0.5, 0.6) is 5.75 Å². The molecule has 8 nitrogen and oxygen atoms in total. The molecular weight excluding hydrogens is 452 g/mol. The van der Waals surface area contributed by atoms with Crippen molar-refractivity contribution in [1.29, 1.82) is 0 Å². The molecule has 1 spiro atoms. The van der Waals surface area contributed by atoms with Gasteiger partial charge in [-0.15, -0.1) is 0 Å². The Balaban J connectivity index is 1.25. The van der Waals surface area contributed by atoms with E-state index in [0.29, 0.717) is 17.4 Å². The summed E-state index contributed by atoms with van der Waals surface area (Å²) >= 11 is 0. The molecule has 0 radical (unpaired) electrons. The zero-order valence-corrected chi connectivity index (χ0v) is 20.6. The van der Waals surface area contributed by atoms with Crippen molar-refractivity contribution in [3.8, 4) is 17.0 Å². The number of benzene rings is 1. The van der Waals surface area contributed by atoms with Crippen LogP contribution >= 0.6 is 0 Å². The number of aromatic nitrogens is 3. The quantitative estimate of drug-likeness (QED) is 0.535. The van der Waals surface area contributed by atoms with Gasteiger partial charge in [0.05, 0.1) is 11.4 Å². The molecule has 3 aromatic rings. The van der Waals surface area contributed by atoms with Crippen molar-refractivity contribution < 1.29 is 17.7 Å². The molecule has 1 saturated heterocycles. The molecule has 9 heteroatoms. The fraction of sp³-hybridized carbons (Fsp3) is 0.480. The van der Waals surface area contributed by atoms with Gasteiger partial charge in [0.2, 0.25) is 5.89 Å². The molecule has 4 heterocycles. The number of sulfone groups is 1. The lowest BCUT2D eigenvalue weighted by Crippen LogP contribution is -2.50. The first-order chi connectivity index (χ1) is 16.2. The van der Waals surface area contributed by atoms with Gasteiger partial charge in [-0.1, -0.05) is 19.9 Å². The van der Waals surface area contributed by atoms with E-state index < -0.39 is 9.84 Å². The number of fused-ring (bicyclic) bond motifs is 1. The topological polar surface area (TPSA) is 98.4 Å². The zero-order valence-electron chi connectivity index (χ0n) is 19.8. The van der Waals surface area contributed by atoms with E-state index in [9.17, 15) is 8.42 Å². The number of nitrogens with zero attached hydrogens (tertiary/aromatic N) is 4. The highest BCUT2D eigenvalue weighted by atomic mass is 32.2. The lowest BCUT2D eigenvalue weighted by molar-refractivity contribution is 0.0223. The van der Waals surface area contributed by atoms with Crippen LogP contribution in [0.3, 0.4) is 0 Å². The van der Waals surface area contributed by atoms with E-state index >= 15 is 0 Å². The number of hydrogen-bond acceptors (Lipinski definition) is 8. The number of rotatable bonds is 5. The normalized spacial score (nSPS) is 17.6. The van der Waals surface area contributed by atoms with E-state index in [2.05, 4.69) is 26.1 Å². The number of anilines is 1. The summed E-state index contributed by atoms with van der Waals surface area (Å²) in [6, 6.07) is 9.92. The van der Waals surface area contributed by atoms with Gasteiger partial charge in [0.1, 0.15) is 11.4 Å². The first kappa shape index (κ1) is 22.8. The Bertz CT molecular complexity index is 1280. The van der Waals surface area contributed by atoms with Gasteiger partial charge in [0, 0.05) is 49.9 Å². The molecule has 0 saturated carbocycles. The average Bonchev–Trinajstić information content (AvgIpc) is 3.30. The van der Waals surface area contributed by atoms with E-state index in [-0.39, 0.29) is 17.3 Å². The van der Waals surface area contributed by atoms with Gasteiger partial charge in [0.15, 0.2) is 9.84 Å². The molecule has 5 rings (SSSR count). The Hall–Kier alpha value is -2.94. The van der Waals surface area contributed by atoms with E-state index in [0.717, 1.165) is 55.8 Å². The zero-order chi connectivity index (χ0) is 23.9. The minimum Gasteiger partial charge on any atom is -0.487 e. The summed E-state index contributed by atoms with van der Waals surface area (Å²) in [6.45, 7) is 5.78. The third kappa shape index (κ3) is 4.80. The number of piperidine rings is 1. The monoisotopic (exact) mass is 482 g/mol. The van der Waals surface area contributed by atoms with Gasteiger partial charge in [-0.05, 0) is 53.4 Å². The average molecular weight is 483 g/mol. The third-order valence-electron chi connectivity index (χ3n) is 6.67. The molecule has 1 fully saturated rings. The van der Waals surface area contributed by atoms with Gasteiger partial charge >= 0.3 is 0 Å².